The number of urea groups is 1. The van der Waals surface area contributed by atoms with Crippen LogP contribution in [0.25, 0.3) is 0 Å². The fraction of sp³-hybridized carbons (Fsp3) is 0.227. The van der Waals surface area contributed by atoms with E-state index >= 15 is 0 Å². The number of para-hydroxylation sites is 1. The zero-order chi connectivity index (χ0) is 20.1. The normalized spacial score (nSPS) is 13.8. The summed E-state index contributed by atoms with van der Waals surface area (Å²) in [6.45, 7) is 4.74. The van der Waals surface area contributed by atoms with Crippen molar-refractivity contribution in [3.05, 3.63) is 72.3 Å². The lowest BCUT2D eigenvalue weighted by molar-refractivity contribution is 0.208. The number of carbonyl (C=O) groups excluding carboxylic acids is 1. The number of aryl methyl sites for hydroxylation is 1. The van der Waals surface area contributed by atoms with Crippen molar-refractivity contribution in [2.75, 3.05) is 41.7 Å². The first-order valence-electron chi connectivity index (χ1n) is 9.71. The SMILES string of the molecule is Cc1cccc(NC(=O)N2CCN(c3ccc(Nc4ccccc4)nn3)CC2)c1. The fourth-order valence-electron chi connectivity index (χ4n) is 3.29. The van der Waals surface area contributed by atoms with Gasteiger partial charge in [0, 0.05) is 37.6 Å². The van der Waals surface area contributed by atoms with Gasteiger partial charge in [0.25, 0.3) is 0 Å². The number of nitrogens with one attached hydrogen (secondary N) is 2. The van der Waals surface area contributed by atoms with E-state index in [2.05, 4.69) is 25.7 Å². The minimum absolute atomic E-state index is 0.0660. The molecule has 1 aliphatic rings. The second-order valence-corrected chi connectivity index (χ2v) is 7.04. The summed E-state index contributed by atoms with van der Waals surface area (Å²) in [5.41, 5.74) is 2.92. The Labute approximate surface area is 170 Å². The lowest BCUT2D eigenvalue weighted by atomic mass is 10.2. The summed E-state index contributed by atoms with van der Waals surface area (Å²) in [6.07, 6.45) is 0. The van der Waals surface area contributed by atoms with Crippen molar-refractivity contribution in [1.82, 2.24) is 15.1 Å². The summed E-state index contributed by atoms with van der Waals surface area (Å²) in [5, 5.41) is 14.8. The summed E-state index contributed by atoms with van der Waals surface area (Å²) in [6, 6.07) is 21.5. The van der Waals surface area contributed by atoms with E-state index in [1.54, 1.807) is 0 Å². The molecule has 3 aromatic rings. The number of anilines is 4. The second kappa shape index (κ2) is 8.60. The summed E-state index contributed by atoms with van der Waals surface area (Å²) in [4.78, 5) is 16.5. The van der Waals surface area contributed by atoms with Gasteiger partial charge in [-0.2, -0.15) is 0 Å². The van der Waals surface area contributed by atoms with Crippen LogP contribution in [0.1, 0.15) is 5.56 Å². The Morgan fingerprint density at radius 1 is 0.862 bits per heavy atom. The average molecular weight is 388 g/mol. The van der Waals surface area contributed by atoms with Crippen molar-refractivity contribution < 1.29 is 4.79 Å². The molecule has 0 radical (unpaired) electrons. The number of rotatable bonds is 4. The van der Waals surface area contributed by atoms with Gasteiger partial charge in [-0.15, -0.1) is 10.2 Å². The molecule has 0 spiro atoms. The fourth-order valence-corrected chi connectivity index (χ4v) is 3.29. The molecule has 2 aromatic carbocycles. The molecule has 1 aliphatic heterocycles. The van der Waals surface area contributed by atoms with E-state index in [1.165, 1.54) is 0 Å². The third kappa shape index (κ3) is 4.82. The Morgan fingerprint density at radius 3 is 2.31 bits per heavy atom. The molecule has 0 unspecified atom stereocenters. The molecule has 148 valence electrons. The molecule has 7 heteroatoms. The van der Waals surface area contributed by atoms with Gasteiger partial charge in [0.1, 0.15) is 0 Å². The first-order chi connectivity index (χ1) is 14.2. The number of aromatic nitrogens is 2. The van der Waals surface area contributed by atoms with Gasteiger partial charge in [-0.05, 0) is 48.9 Å². The van der Waals surface area contributed by atoms with Crippen molar-refractivity contribution >= 4 is 29.0 Å². The number of amides is 2. The van der Waals surface area contributed by atoms with E-state index in [1.807, 2.05) is 78.6 Å². The topological polar surface area (TPSA) is 73.4 Å². The van der Waals surface area contributed by atoms with Crippen LogP contribution < -0.4 is 15.5 Å². The highest BCUT2D eigenvalue weighted by Crippen LogP contribution is 2.18. The molecule has 0 bridgehead atoms. The Hall–Kier alpha value is -3.61. The van der Waals surface area contributed by atoms with E-state index in [0.717, 1.165) is 35.8 Å². The Kier molecular flexibility index (Phi) is 5.56. The van der Waals surface area contributed by atoms with Crippen LogP contribution in [0.4, 0.5) is 27.8 Å². The zero-order valence-electron chi connectivity index (χ0n) is 16.4. The van der Waals surface area contributed by atoms with E-state index < -0.39 is 0 Å². The minimum Gasteiger partial charge on any atom is -0.352 e. The number of piperazine rings is 1. The smallest absolute Gasteiger partial charge is 0.321 e. The maximum absolute atomic E-state index is 12.5. The molecule has 2 amide bonds. The molecule has 7 nitrogen and oxygen atoms in total. The Bertz CT molecular complexity index is 953. The summed E-state index contributed by atoms with van der Waals surface area (Å²) < 4.78 is 0. The molecule has 0 saturated carbocycles. The molecule has 1 fully saturated rings. The van der Waals surface area contributed by atoms with Crippen molar-refractivity contribution in [3.63, 3.8) is 0 Å². The summed E-state index contributed by atoms with van der Waals surface area (Å²) >= 11 is 0. The number of carbonyl (C=O) groups is 1. The standard InChI is InChI=1S/C22H24N6O/c1-17-6-5-9-19(16-17)24-22(29)28-14-12-27(13-15-28)21-11-10-20(25-26-21)23-18-7-3-2-4-8-18/h2-11,16H,12-15H2,1H3,(H,23,25)(H,24,29). The molecular weight excluding hydrogens is 364 g/mol. The van der Waals surface area contributed by atoms with Crippen LogP contribution >= 0.6 is 0 Å². The molecular formula is C22H24N6O. The van der Waals surface area contributed by atoms with Gasteiger partial charge < -0.3 is 20.4 Å². The maximum Gasteiger partial charge on any atom is 0.321 e. The van der Waals surface area contributed by atoms with Crippen LogP contribution in [0, 0.1) is 6.92 Å². The van der Waals surface area contributed by atoms with Crippen molar-refractivity contribution in [1.29, 1.82) is 0 Å². The zero-order valence-corrected chi connectivity index (χ0v) is 16.4. The summed E-state index contributed by atoms with van der Waals surface area (Å²) in [7, 11) is 0. The van der Waals surface area contributed by atoms with Crippen LogP contribution in [-0.2, 0) is 0 Å². The highest BCUT2D eigenvalue weighted by Gasteiger charge is 2.22. The van der Waals surface area contributed by atoms with Gasteiger partial charge in [-0.3, -0.25) is 0 Å². The largest absolute Gasteiger partial charge is 0.352 e. The number of hydrogen-bond donors (Lipinski definition) is 2. The van der Waals surface area contributed by atoms with E-state index in [4.69, 9.17) is 0 Å². The van der Waals surface area contributed by atoms with Gasteiger partial charge in [0.2, 0.25) is 0 Å². The van der Waals surface area contributed by atoms with Crippen molar-refractivity contribution in [2.45, 2.75) is 6.92 Å². The first-order valence-corrected chi connectivity index (χ1v) is 9.71. The summed E-state index contributed by atoms with van der Waals surface area (Å²) in [5.74, 6) is 1.53. The Morgan fingerprint density at radius 2 is 1.62 bits per heavy atom. The van der Waals surface area contributed by atoms with E-state index in [0.29, 0.717) is 18.9 Å². The molecule has 29 heavy (non-hydrogen) atoms. The first kappa shape index (κ1) is 18.7. The van der Waals surface area contributed by atoms with Gasteiger partial charge in [0.05, 0.1) is 0 Å². The number of hydrogen-bond acceptors (Lipinski definition) is 5. The second-order valence-electron chi connectivity index (χ2n) is 7.04. The van der Waals surface area contributed by atoms with Crippen LogP contribution in [-0.4, -0.2) is 47.3 Å². The van der Waals surface area contributed by atoms with Crippen molar-refractivity contribution in [2.24, 2.45) is 0 Å². The van der Waals surface area contributed by atoms with E-state index in [9.17, 15) is 4.79 Å². The van der Waals surface area contributed by atoms with Crippen LogP contribution in [0.3, 0.4) is 0 Å². The van der Waals surface area contributed by atoms with Crippen LogP contribution in [0.2, 0.25) is 0 Å². The van der Waals surface area contributed by atoms with Gasteiger partial charge >= 0.3 is 6.03 Å². The van der Waals surface area contributed by atoms with E-state index in [-0.39, 0.29) is 6.03 Å². The average Bonchev–Trinajstić information content (AvgIpc) is 2.75. The molecule has 4 rings (SSSR count). The number of nitrogens with zero attached hydrogens (tertiary/aromatic N) is 4. The number of benzene rings is 2. The monoisotopic (exact) mass is 388 g/mol. The third-order valence-electron chi connectivity index (χ3n) is 4.86. The van der Waals surface area contributed by atoms with Crippen LogP contribution in [0.5, 0.6) is 0 Å². The predicted molar refractivity (Wildman–Crippen MR) is 116 cm³/mol. The molecule has 1 saturated heterocycles. The Balaban J connectivity index is 1.30. The molecule has 1 aromatic heterocycles. The third-order valence-corrected chi connectivity index (χ3v) is 4.86. The predicted octanol–water partition coefficient (Wildman–Crippen LogP) is 3.88. The highest BCUT2D eigenvalue weighted by atomic mass is 16.2. The van der Waals surface area contributed by atoms with Gasteiger partial charge in [-0.25, -0.2) is 4.79 Å². The lowest BCUT2D eigenvalue weighted by Crippen LogP contribution is -2.50. The molecule has 2 N–H and O–H groups in total. The molecule has 0 atom stereocenters. The highest BCUT2D eigenvalue weighted by molar-refractivity contribution is 5.89. The van der Waals surface area contributed by atoms with Crippen molar-refractivity contribution in [3.8, 4) is 0 Å². The van der Waals surface area contributed by atoms with Gasteiger partial charge in [-0.1, -0.05) is 30.3 Å². The maximum atomic E-state index is 12.5. The molecule has 2 heterocycles. The molecule has 0 aliphatic carbocycles. The van der Waals surface area contributed by atoms with Crippen LogP contribution in [0.15, 0.2) is 66.7 Å². The minimum atomic E-state index is -0.0660. The quantitative estimate of drug-likeness (QED) is 0.710. The van der Waals surface area contributed by atoms with Gasteiger partial charge in [0.15, 0.2) is 11.6 Å². The lowest BCUT2D eigenvalue weighted by Gasteiger charge is -2.35.